The highest BCUT2D eigenvalue weighted by Gasteiger charge is 2.51. The van der Waals surface area contributed by atoms with Crippen molar-refractivity contribution >= 4 is 27.5 Å². The number of hydrogen-bond acceptors (Lipinski definition) is 5. The molecule has 0 bridgehead atoms. The number of halogens is 1. The predicted molar refractivity (Wildman–Crippen MR) is 118 cm³/mol. The van der Waals surface area contributed by atoms with E-state index < -0.39 is 5.82 Å². The highest BCUT2D eigenvalue weighted by Crippen LogP contribution is 2.52. The van der Waals surface area contributed by atoms with Gasteiger partial charge in [-0.05, 0) is 55.3 Å². The van der Waals surface area contributed by atoms with Gasteiger partial charge in [-0.1, -0.05) is 12.0 Å². The molecular formula is C25H19FN4O. The van der Waals surface area contributed by atoms with Crippen LogP contribution in [0.4, 0.5) is 10.2 Å². The lowest BCUT2D eigenvalue weighted by molar-refractivity contribution is 0.478. The second kappa shape index (κ2) is 6.39. The lowest BCUT2D eigenvalue weighted by Gasteiger charge is -2.27. The van der Waals surface area contributed by atoms with Gasteiger partial charge in [0.1, 0.15) is 23.7 Å². The van der Waals surface area contributed by atoms with Crippen LogP contribution in [0.1, 0.15) is 31.2 Å². The molecule has 1 N–H and O–H groups in total. The SMILES string of the molecule is C#Cc1c(F)ccc2c(-c3cc4ncncc4c(N4CCCC45CC5)n3)c(O)ccc12. The van der Waals surface area contributed by atoms with Gasteiger partial charge in [-0.25, -0.2) is 19.3 Å². The minimum atomic E-state index is -0.459. The van der Waals surface area contributed by atoms with Crippen molar-refractivity contribution in [3.05, 3.63) is 54.2 Å². The van der Waals surface area contributed by atoms with Gasteiger partial charge in [-0.2, -0.15) is 0 Å². The molecule has 1 aliphatic carbocycles. The molecule has 4 aromatic rings. The largest absolute Gasteiger partial charge is 0.507 e. The lowest BCUT2D eigenvalue weighted by Crippen LogP contribution is -2.32. The van der Waals surface area contributed by atoms with E-state index in [9.17, 15) is 9.50 Å². The number of fused-ring (bicyclic) bond motifs is 2. The fourth-order valence-electron chi connectivity index (χ4n) is 5.01. The minimum Gasteiger partial charge on any atom is -0.507 e. The zero-order valence-corrected chi connectivity index (χ0v) is 16.8. The fourth-order valence-corrected chi connectivity index (χ4v) is 5.01. The molecule has 0 unspecified atom stereocenters. The molecule has 5 nitrogen and oxygen atoms in total. The number of rotatable bonds is 2. The third-order valence-electron chi connectivity index (χ3n) is 6.69. The Kier molecular flexibility index (Phi) is 3.73. The number of anilines is 1. The van der Waals surface area contributed by atoms with E-state index in [0.717, 1.165) is 29.7 Å². The molecule has 6 heteroatoms. The number of phenolic OH excluding ortho intramolecular Hbond substituents is 1. The first-order valence-corrected chi connectivity index (χ1v) is 10.4. The quantitative estimate of drug-likeness (QED) is 0.481. The summed E-state index contributed by atoms with van der Waals surface area (Å²) in [6.45, 7) is 0.939. The predicted octanol–water partition coefficient (Wildman–Crippen LogP) is 4.80. The summed E-state index contributed by atoms with van der Waals surface area (Å²) >= 11 is 0. The van der Waals surface area contributed by atoms with Gasteiger partial charge in [-0.3, -0.25) is 0 Å². The lowest BCUT2D eigenvalue weighted by atomic mass is 9.96. The maximum absolute atomic E-state index is 14.3. The van der Waals surface area contributed by atoms with Crippen LogP contribution in [0.3, 0.4) is 0 Å². The van der Waals surface area contributed by atoms with Crippen LogP contribution in [0.2, 0.25) is 0 Å². The van der Waals surface area contributed by atoms with Gasteiger partial charge in [-0.15, -0.1) is 6.42 Å². The molecule has 1 spiro atoms. The van der Waals surface area contributed by atoms with Crippen molar-refractivity contribution in [3.8, 4) is 29.4 Å². The van der Waals surface area contributed by atoms with Gasteiger partial charge in [0.2, 0.25) is 0 Å². The molecule has 31 heavy (non-hydrogen) atoms. The first-order valence-electron chi connectivity index (χ1n) is 10.4. The molecule has 0 atom stereocenters. The second-order valence-electron chi connectivity index (χ2n) is 8.39. The summed E-state index contributed by atoms with van der Waals surface area (Å²) in [6, 6.07) is 8.02. The molecule has 6 rings (SSSR count). The van der Waals surface area contributed by atoms with Crippen molar-refractivity contribution in [2.45, 2.75) is 31.2 Å². The van der Waals surface area contributed by atoms with Gasteiger partial charge < -0.3 is 10.0 Å². The number of benzene rings is 2. The molecule has 152 valence electrons. The third-order valence-corrected chi connectivity index (χ3v) is 6.69. The average molecular weight is 410 g/mol. The van der Waals surface area contributed by atoms with Crippen LogP contribution in [0.5, 0.6) is 5.75 Å². The minimum absolute atomic E-state index is 0.0662. The van der Waals surface area contributed by atoms with Gasteiger partial charge in [0.15, 0.2) is 0 Å². The molecule has 0 amide bonds. The summed E-state index contributed by atoms with van der Waals surface area (Å²) in [5.41, 5.74) is 2.24. The van der Waals surface area contributed by atoms with Crippen molar-refractivity contribution < 1.29 is 9.50 Å². The van der Waals surface area contributed by atoms with Gasteiger partial charge >= 0.3 is 0 Å². The molecule has 2 aromatic heterocycles. The Morgan fingerprint density at radius 2 is 1.94 bits per heavy atom. The maximum atomic E-state index is 14.3. The van der Waals surface area contributed by atoms with Crippen LogP contribution in [0, 0.1) is 18.2 Å². The van der Waals surface area contributed by atoms with Crippen LogP contribution in [0.15, 0.2) is 42.9 Å². The molecule has 3 heterocycles. The molecule has 1 saturated heterocycles. The number of phenols is 1. The van der Waals surface area contributed by atoms with E-state index in [1.165, 1.54) is 31.7 Å². The Bertz CT molecular complexity index is 1420. The normalized spacial score (nSPS) is 16.8. The summed E-state index contributed by atoms with van der Waals surface area (Å²) in [6.07, 6.45) is 13.5. The van der Waals surface area contributed by atoms with E-state index in [1.807, 2.05) is 6.07 Å². The second-order valence-corrected chi connectivity index (χ2v) is 8.39. The fraction of sp³-hybridized carbons (Fsp3) is 0.240. The van der Waals surface area contributed by atoms with Crippen molar-refractivity contribution in [2.24, 2.45) is 0 Å². The molecule has 0 radical (unpaired) electrons. The van der Waals surface area contributed by atoms with E-state index in [2.05, 4.69) is 20.8 Å². The summed E-state index contributed by atoms with van der Waals surface area (Å²) in [7, 11) is 0. The monoisotopic (exact) mass is 410 g/mol. The number of nitrogens with zero attached hydrogens (tertiary/aromatic N) is 4. The Hall–Kier alpha value is -3.72. The molecule has 1 aliphatic heterocycles. The highest BCUT2D eigenvalue weighted by molar-refractivity contribution is 6.03. The zero-order chi connectivity index (χ0) is 21.2. The van der Waals surface area contributed by atoms with E-state index in [4.69, 9.17) is 11.4 Å². The first kappa shape index (κ1) is 18.1. The molecular weight excluding hydrogens is 391 g/mol. The molecule has 2 fully saturated rings. The summed E-state index contributed by atoms with van der Waals surface area (Å²) in [5, 5.41) is 12.9. The number of terminal acetylenes is 1. The van der Waals surface area contributed by atoms with Crippen LogP contribution < -0.4 is 4.90 Å². The van der Waals surface area contributed by atoms with Gasteiger partial charge in [0, 0.05) is 23.7 Å². The first-order chi connectivity index (χ1) is 15.1. The third kappa shape index (κ3) is 2.59. The van der Waals surface area contributed by atoms with Gasteiger partial charge in [0.25, 0.3) is 0 Å². The van der Waals surface area contributed by atoms with E-state index in [1.54, 1.807) is 24.4 Å². The molecule has 2 aliphatic rings. The van der Waals surface area contributed by atoms with Crippen molar-refractivity contribution in [3.63, 3.8) is 0 Å². The zero-order valence-electron chi connectivity index (χ0n) is 16.8. The van der Waals surface area contributed by atoms with Crippen LogP contribution >= 0.6 is 0 Å². The average Bonchev–Trinajstić information content (AvgIpc) is 3.44. The highest BCUT2D eigenvalue weighted by atomic mass is 19.1. The molecule has 2 aromatic carbocycles. The summed E-state index contributed by atoms with van der Waals surface area (Å²) in [4.78, 5) is 16.1. The van der Waals surface area contributed by atoms with Crippen LogP contribution in [-0.2, 0) is 0 Å². The summed E-state index contributed by atoms with van der Waals surface area (Å²) < 4.78 is 14.3. The maximum Gasteiger partial charge on any atom is 0.140 e. The van der Waals surface area contributed by atoms with E-state index >= 15 is 0 Å². The van der Waals surface area contributed by atoms with Crippen molar-refractivity contribution in [1.29, 1.82) is 0 Å². The molecule has 1 saturated carbocycles. The van der Waals surface area contributed by atoms with Crippen LogP contribution in [0.25, 0.3) is 32.9 Å². The number of hydrogen-bond donors (Lipinski definition) is 1. The van der Waals surface area contributed by atoms with Gasteiger partial charge in [0.05, 0.1) is 27.7 Å². The van der Waals surface area contributed by atoms with E-state index in [-0.39, 0.29) is 16.9 Å². The number of pyridine rings is 1. The Morgan fingerprint density at radius 1 is 1.10 bits per heavy atom. The van der Waals surface area contributed by atoms with Crippen molar-refractivity contribution in [1.82, 2.24) is 15.0 Å². The smallest absolute Gasteiger partial charge is 0.140 e. The van der Waals surface area contributed by atoms with Crippen LogP contribution in [-0.4, -0.2) is 32.1 Å². The topological polar surface area (TPSA) is 62.1 Å². The summed E-state index contributed by atoms with van der Waals surface area (Å²) in [5.74, 6) is 2.89. The van der Waals surface area contributed by atoms with Crippen molar-refractivity contribution in [2.75, 3.05) is 11.4 Å². The van der Waals surface area contributed by atoms with E-state index in [0.29, 0.717) is 22.0 Å². The standard InChI is InChI=1S/C25H19FN4O/c1-2-15-16-5-7-22(31)23(17(16)4-6-19(15)26)21-12-20-18(13-27-14-28-20)24(29-21)30-11-3-8-25(30)9-10-25/h1,4-7,12-14,31H,3,8-11H2. The number of aromatic nitrogens is 3. The number of aromatic hydroxyl groups is 1. The Labute approximate surface area is 178 Å². The Balaban J connectivity index is 1.66. The Morgan fingerprint density at radius 3 is 2.74 bits per heavy atom.